The molecule has 0 saturated carbocycles. The summed E-state index contributed by atoms with van der Waals surface area (Å²) < 4.78 is 36.2. The fourth-order valence-electron chi connectivity index (χ4n) is 0.947. The lowest BCUT2D eigenvalue weighted by molar-refractivity contribution is -0.131. The molecule has 1 N–H and O–H groups in total. The third-order valence-electron chi connectivity index (χ3n) is 1.56. The first-order valence-corrected chi connectivity index (χ1v) is 4.83. The van der Waals surface area contributed by atoms with Crippen molar-refractivity contribution < 1.29 is 13.2 Å². The van der Waals surface area contributed by atoms with Crippen molar-refractivity contribution >= 4 is 21.6 Å². The Labute approximate surface area is 88.4 Å². The van der Waals surface area contributed by atoms with Crippen molar-refractivity contribution in [3.63, 3.8) is 0 Å². The Morgan fingerprint density at radius 3 is 2.57 bits per heavy atom. The summed E-state index contributed by atoms with van der Waals surface area (Å²) in [4.78, 5) is 0. The van der Waals surface area contributed by atoms with Crippen LogP contribution in [0, 0.1) is 0 Å². The first-order valence-electron chi connectivity index (χ1n) is 4.03. The highest BCUT2D eigenvalue weighted by atomic mass is 79.9. The highest BCUT2D eigenvalue weighted by molar-refractivity contribution is 9.10. The molecule has 0 aliphatic rings. The van der Waals surface area contributed by atoms with Crippen LogP contribution in [0.15, 0.2) is 28.7 Å². The first-order chi connectivity index (χ1) is 6.47. The van der Waals surface area contributed by atoms with Crippen LogP contribution in [0.5, 0.6) is 0 Å². The zero-order chi connectivity index (χ0) is 10.6. The summed E-state index contributed by atoms with van der Waals surface area (Å²) >= 11 is 3.23. The Bertz CT molecular complexity index is 298. The van der Waals surface area contributed by atoms with E-state index in [1.165, 1.54) is 0 Å². The number of nitrogens with one attached hydrogen (secondary N) is 1. The van der Waals surface area contributed by atoms with Crippen LogP contribution in [-0.4, -0.2) is 12.7 Å². The van der Waals surface area contributed by atoms with Gasteiger partial charge in [-0.05, 0) is 18.2 Å². The monoisotopic (exact) mass is 267 g/mol. The van der Waals surface area contributed by atoms with E-state index in [9.17, 15) is 13.2 Å². The molecule has 1 aromatic carbocycles. The molecular weight excluding hydrogens is 259 g/mol. The molecule has 0 amide bonds. The second kappa shape index (κ2) is 4.68. The standard InChI is InChI=1S/C9H9BrF3N/c10-7-2-1-3-8(6-7)14-5-4-9(11,12)13/h1-3,6,14H,4-5H2. The summed E-state index contributed by atoms with van der Waals surface area (Å²) in [7, 11) is 0. The van der Waals surface area contributed by atoms with E-state index < -0.39 is 12.6 Å². The van der Waals surface area contributed by atoms with Gasteiger partial charge in [0.25, 0.3) is 0 Å². The van der Waals surface area contributed by atoms with Crippen molar-refractivity contribution in [2.45, 2.75) is 12.6 Å². The van der Waals surface area contributed by atoms with Crippen LogP contribution in [0.3, 0.4) is 0 Å². The van der Waals surface area contributed by atoms with Crippen LogP contribution in [0.4, 0.5) is 18.9 Å². The van der Waals surface area contributed by atoms with Gasteiger partial charge >= 0.3 is 6.18 Å². The van der Waals surface area contributed by atoms with Crippen LogP contribution in [0.1, 0.15) is 6.42 Å². The van der Waals surface area contributed by atoms with E-state index in [1.54, 1.807) is 18.2 Å². The van der Waals surface area contributed by atoms with Gasteiger partial charge in [0, 0.05) is 16.7 Å². The third-order valence-corrected chi connectivity index (χ3v) is 2.06. The average Bonchev–Trinajstić information content (AvgIpc) is 2.01. The second-order valence-electron chi connectivity index (χ2n) is 2.80. The van der Waals surface area contributed by atoms with Crippen molar-refractivity contribution in [1.82, 2.24) is 0 Å². The number of alkyl halides is 3. The van der Waals surface area contributed by atoms with Gasteiger partial charge in [0.05, 0.1) is 6.42 Å². The molecule has 0 fully saturated rings. The topological polar surface area (TPSA) is 12.0 Å². The molecule has 78 valence electrons. The quantitative estimate of drug-likeness (QED) is 0.878. The van der Waals surface area contributed by atoms with Crippen molar-refractivity contribution in [1.29, 1.82) is 0 Å². The Hall–Kier alpha value is -0.710. The molecule has 1 aromatic rings. The van der Waals surface area contributed by atoms with Crippen LogP contribution in [0.25, 0.3) is 0 Å². The molecule has 0 atom stereocenters. The van der Waals surface area contributed by atoms with E-state index in [0.717, 1.165) is 4.47 Å². The van der Waals surface area contributed by atoms with Gasteiger partial charge in [0.1, 0.15) is 0 Å². The van der Waals surface area contributed by atoms with Crippen LogP contribution < -0.4 is 5.32 Å². The molecule has 0 saturated heterocycles. The maximum atomic E-state index is 11.8. The minimum Gasteiger partial charge on any atom is -0.385 e. The normalized spacial score (nSPS) is 11.4. The highest BCUT2D eigenvalue weighted by Gasteiger charge is 2.25. The summed E-state index contributed by atoms with van der Waals surface area (Å²) in [5, 5.41) is 2.69. The molecule has 14 heavy (non-hydrogen) atoms. The second-order valence-corrected chi connectivity index (χ2v) is 3.72. The molecule has 0 heterocycles. The van der Waals surface area contributed by atoms with Crippen LogP contribution in [-0.2, 0) is 0 Å². The zero-order valence-electron chi connectivity index (χ0n) is 7.24. The van der Waals surface area contributed by atoms with E-state index in [0.29, 0.717) is 5.69 Å². The molecule has 1 nitrogen and oxygen atoms in total. The maximum Gasteiger partial charge on any atom is 0.390 e. The smallest absolute Gasteiger partial charge is 0.385 e. The van der Waals surface area contributed by atoms with Gasteiger partial charge in [-0.25, -0.2) is 0 Å². The minimum absolute atomic E-state index is 0.0973. The van der Waals surface area contributed by atoms with E-state index in [4.69, 9.17) is 0 Å². The lowest BCUT2D eigenvalue weighted by atomic mass is 10.3. The molecule has 0 spiro atoms. The Morgan fingerprint density at radius 2 is 2.00 bits per heavy atom. The lowest BCUT2D eigenvalue weighted by Gasteiger charge is -2.08. The van der Waals surface area contributed by atoms with E-state index >= 15 is 0 Å². The highest BCUT2D eigenvalue weighted by Crippen LogP contribution is 2.20. The van der Waals surface area contributed by atoms with Crippen molar-refractivity contribution in [2.24, 2.45) is 0 Å². The fraction of sp³-hybridized carbons (Fsp3) is 0.333. The first kappa shape index (κ1) is 11.4. The number of hydrogen-bond donors (Lipinski definition) is 1. The van der Waals surface area contributed by atoms with Crippen molar-refractivity contribution in [3.05, 3.63) is 28.7 Å². The average molecular weight is 268 g/mol. The van der Waals surface area contributed by atoms with Crippen LogP contribution >= 0.6 is 15.9 Å². The largest absolute Gasteiger partial charge is 0.390 e. The Balaban J connectivity index is 2.39. The van der Waals surface area contributed by atoms with E-state index in [-0.39, 0.29) is 6.54 Å². The third kappa shape index (κ3) is 4.50. The molecule has 0 aliphatic carbocycles. The fourth-order valence-corrected chi connectivity index (χ4v) is 1.35. The van der Waals surface area contributed by atoms with Gasteiger partial charge in [0.2, 0.25) is 0 Å². The van der Waals surface area contributed by atoms with E-state index in [2.05, 4.69) is 21.2 Å². The van der Waals surface area contributed by atoms with Crippen molar-refractivity contribution in [3.8, 4) is 0 Å². The summed E-state index contributed by atoms with van der Waals surface area (Å²) in [6.07, 6.45) is -4.92. The SMILES string of the molecule is FC(F)(F)CCNc1cccc(Br)c1. The molecule has 0 bridgehead atoms. The molecule has 5 heteroatoms. The molecule has 0 radical (unpaired) electrons. The van der Waals surface area contributed by atoms with Gasteiger partial charge in [-0.1, -0.05) is 22.0 Å². The van der Waals surface area contributed by atoms with Gasteiger partial charge < -0.3 is 5.32 Å². The Kier molecular flexibility index (Phi) is 3.80. The summed E-state index contributed by atoms with van der Waals surface area (Å²) in [6, 6.07) is 7.03. The van der Waals surface area contributed by atoms with Crippen LogP contribution in [0.2, 0.25) is 0 Å². The van der Waals surface area contributed by atoms with Gasteiger partial charge in [-0.3, -0.25) is 0 Å². The number of rotatable bonds is 3. The number of anilines is 1. The van der Waals surface area contributed by atoms with E-state index in [1.807, 2.05) is 6.07 Å². The van der Waals surface area contributed by atoms with Gasteiger partial charge in [0.15, 0.2) is 0 Å². The molecular formula is C9H9BrF3N. The molecule has 0 aromatic heterocycles. The number of halogens is 4. The minimum atomic E-state index is -4.10. The maximum absolute atomic E-state index is 11.8. The summed E-state index contributed by atoms with van der Waals surface area (Å²) in [5.41, 5.74) is 0.684. The number of hydrogen-bond acceptors (Lipinski definition) is 1. The van der Waals surface area contributed by atoms with Gasteiger partial charge in [-0.2, -0.15) is 13.2 Å². The summed E-state index contributed by atoms with van der Waals surface area (Å²) in [6.45, 7) is -0.0973. The molecule has 0 unspecified atom stereocenters. The lowest BCUT2D eigenvalue weighted by Crippen LogP contribution is -2.14. The predicted octanol–water partition coefficient (Wildman–Crippen LogP) is 3.81. The molecule has 1 rings (SSSR count). The summed E-state index contributed by atoms with van der Waals surface area (Å²) in [5.74, 6) is 0. The van der Waals surface area contributed by atoms with Crippen molar-refractivity contribution in [2.75, 3.05) is 11.9 Å². The number of benzene rings is 1. The molecule has 0 aliphatic heterocycles. The van der Waals surface area contributed by atoms with Gasteiger partial charge in [-0.15, -0.1) is 0 Å². The predicted molar refractivity (Wildman–Crippen MR) is 53.3 cm³/mol. The Morgan fingerprint density at radius 1 is 1.29 bits per heavy atom. The zero-order valence-corrected chi connectivity index (χ0v) is 8.82.